The molecule has 6 N–H and O–H groups in total. The van der Waals surface area contributed by atoms with E-state index in [0.717, 1.165) is 11.8 Å². The lowest BCUT2D eigenvalue weighted by atomic mass is 10.1. The molecular weight excluding hydrogens is 210 g/mol. The molecule has 0 radical (unpaired) electrons. The summed E-state index contributed by atoms with van der Waals surface area (Å²) >= 11 is 1.59. The lowest BCUT2D eigenvalue weighted by molar-refractivity contribution is -0.104. The Kier molecular flexibility index (Phi) is 3.93. The topological polar surface area (TPSA) is 95.1 Å². The molecule has 0 aromatic carbocycles. The summed E-state index contributed by atoms with van der Waals surface area (Å²) in [5.41, 5.74) is 18.7. The third-order valence-electron chi connectivity index (χ3n) is 1.94. The SMILES string of the molecule is N/C=C(C=O)\C(N)=C(/N)Cc1ccsc1. The summed E-state index contributed by atoms with van der Waals surface area (Å²) in [5, 5.41) is 3.94. The smallest absolute Gasteiger partial charge is 0.153 e. The second-order valence-corrected chi connectivity index (χ2v) is 3.77. The van der Waals surface area contributed by atoms with E-state index in [9.17, 15) is 4.79 Å². The first-order chi connectivity index (χ1) is 7.19. The second-order valence-electron chi connectivity index (χ2n) is 2.99. The average molecular weight is 223 g/mol. The van der Waals surface area contributed by atoms with Crippen molar-refractivity contribution in [3.8, 4) is 0 Å². The lowest BCUT2D eigenvalue weighted by Gasteiger charge is -2.05. The number of nitrogens with two attached hydrogens (primary N) is 3. The molecule has 0 unspecified atom stereocenters. The van der Waals surface area contributed by atoms with Gasteiger partial charge in [0.15, 0.2) is 6.29 Å². The van der Waals surface area contributed by atoms with Gasteiger partial charge in [-0.05, 0) is 22.4 Å². The summed E-state index contributed by atoms with van der Waals surface area (Å²) in [4.78, 5) is 10.6. The minimum Gasteiger partial charge on any atom is -0.404 e. The molecule has 0 bridgehead atoms. The van der Waals surface area contributed by atoms with Gasteiger partial charge in [-0.15, -0.1) is 0 Å². The number of thiophene rings is 1. The van der Waals surface area contributed by atoms with Crippen LogP contribution in [0.4, 0.5) is 0 Å². The molecule has 1 heterocycles. The fraction of sp³-hybridized carbons (Fsp3) is 0.100. The monoisotopic (exact) mass is 223 g/mol. The maximum atomic E-state index is 10.6. The van der Waals surface area contributed by atoms with Crippen molar-refractivity contribution in [1.82, 2.24) is 0 Å². The quantitative estimate of drug-likeness (QED) is 0.392. The summed E-state index contributed by atoms with van der Waals surface area (Å²) in [7, 11) is 0. The van der Waals surface area contributed by atoms with Gasteiger partial charge < -0.3 is 17.2 Å². The maximum absolute atomic E-state index is 10.6. The normalized spacial score (nSPS) is 13.5. The van der Waals surface area contributed by atoms with Crippen molar-refractivity contribution in [2.75, 3.05) is 0 Å². The number of hydrogen-bond acceptors (Lipinski definition) is 5. The van der Waals surface area contributed by atoms with Crippen molar-refractivity contribution in [2.24, 2.45) is 17.2 Å². The fourth-order valence-electron chi connectivity index (χ4n) is 1.09. The molecule has 0 aliphatic carbocycles. The van der Waals surface area contributed by atoms with Crippen LogP contribution in [-0.2, 0) is 11.2 Å². The Balaban J connectivity index is 2.86. The summed E-state index contributed by atoms with van der Waals surface area (Å²) in [6.07, 6.45) is 2.28. The van der Waals surface area contributed by atoms with E-state index in [1.807, 2.05) is 16.8 Å². The molecule has 1 rings (SSSR count). The van der Waals surface area contributed by atoms with Crippen molar-refractivity contribution < 1.29 is 4.79 Å². The second kappa shape index (κ2) is 5.21. The van der Waals surface area contributed by atoms with Crippen molar-refractivity contribution in [3.63, 3.8) is 0 Å². The number of aldehydes is 1. The highest BCUT2D eigenvalue weighted by molar-refractivity contribution is 7.07. The number of carbonyl (C=O) groups is 1. The van der Waals surface area contributed by atoms with Gasteiger partial charge in [-0.25, -0.2) is 0 Å². The standard InChI is InChI=1S/C10H13N3OS/c11-4-8(5-14)10(13)9(12)3-7-1-2-15-6-7/h1-2,4-6H,3,11-13H2/b8-4-,10-9+. The first-order valence-electron chi connectivity index (χ1n) is 4.31. The van der Waals surface area contributed by atoms with Crippen LogP contribution in [0, 0.1) is 0 Å². The summed E-state index contributed by atoms with van der Waals surface area (Å²) in [6, 6.07) is 1.96. The van der Waals surface area contributed by atoms with Crippen LogP contribution < -0.4 is 17.2 Å². The van der Waals surface area contributed by atoms with Crippen LogP contribution in [0.15, 0.2) is 40.0 Å². The Morgan fingerprint density at radius 3 is 2.67 bits per heavy atom. The molecule has 80 valence electrons. The van der Waals surface area contributed by atoms with Gasteiger partial charge in [-0.2, -0.15) is 11.3 Å². The third kappa shape index (κ3) is 2.85. The van der Waals surface area contributed by atoms with Crippen LogP contribution in [0.5, 0.6) is 0 Å². The van der Waals surface area contributed by atoms with E-state index in [1.165, 1.54) is 0 Å². The van der Waals surface area contributed by atoms with Gasteiger partial charge in [0.1, 0.15) is 0 Å². The highest BCUT2D eigenvalue weighted by atomic mass is 32.1. The summed E-state index contributed by atoms with van der Waals surface area (Å²) in [6.45, 7) is 0. The molecule has 0 atom stereocenters. The third-order valence-corrected chi connectivity index (χ3v) is 2.67. The molecule has 1 aromatic heterocycles. The molecular formula is C10H13N3OS. The zero-order valence-electron chi connectivity index (χ0n) is 8.14. The number of rotatable bonds is 4. The Morgan fingerprint density at radius 2 is 2.20 bits per heavy atom. The van der Waals surface area contributed by atoms with Crippen LogP contribution in [0.25, 0.3) is 0 Å². The molecule has 0 saturated carbocycles. The van der Waals surface area contributed by atoms with E-state index >= 15 is 0 Å². The molecule has 1 aromatic rings. The van der Waals surface area contributed by atoms with Gasteiger partial charge >= 0.3 is 0 Å². The van der Waals surface area contributed by atoms with Crippen LogP contribution in [0.1, 0.15) is 5.56 Å². The van der Waals surface area contributed by atoms with E-state index in [0.29, 0.717) is 18.4 Å². The average Bonchev–Trinajstić information content (AvgIpc) is 2.72. The van der Waals surface area contributed by atoms with E-state index in [1.54, 1.807) is 11.3 Å². The molecule has 0 aliphatic rings. The highest BCUT2D eigenvalue weighted by Crippen LogP contribution is 2.12. The Morgan fingerprint density at radius 1 is 1.47 bits per heavy atom. The Bertz CT molecular complexity index is 393. The Hall–Kier alpha value is -1.75. The van der Waals surface area contributed by atoms with Crippen molar-refractivity contribution in [1.29, 1.82) is 0 Å². The minimum atomic E-state index is 0.225. The van der Waals surface area contributed by atoms with Gasteiger partial charge in [0.25, 0.3) is 0 Å². The molecule has 15 heavy (non-hydrogen) atoms. The van der Waals surface area contributed by atoms with E-state index in [-0.39, 0.29) is 11.3 Å². The number of allylic oxidation sites excluding steroid dienone is 2. The van der Waals surface area contributed by atoms with E-state index in [2.05, 4.69) is 0 Å². The molecule has 5 heteroatoms. The zero-order valence-corrected chi connectivity index (χ0v) is 8.96. The lowest BCUT2D eigenvalue weighted by Crippen LogP contribution is -2.15. The van der Waals surface area contributed by atoms with Crippen LogP contribution >= 0.6 is 11.3 Å². The van der Waals surface area contributed by atoms with Gasteiger partial charge in [0.05, 0.1) is 11.3 Å². The van der Waals surface area contributed by atoms with Crippen molar-refractivity contribution in [2.45, 2.75) is 6.42 Å². The van der Waals surface area contributed by atoms with Crippen LogP contribution in [0.3, 0.4) is 0 Å². The first-order valence-corrected chi connectivity index (χ1v) is 5.26. The molecule has 0 fully saturated rings. The molecule has 0 aliphatic heterocycles. The van der Waals surface area contributed by atoms with Crippen molar-refractivity contribution in [3.05, 3.63) is 45.6 Å². The molecule has 0 spiro atoms. The predicted molar refractivity (Wildman–Crippen MR) is 61.8 cm³/mol. The zero-order chi connectivity index (χ0) is 11.3. The van der Waals surface area contributed by atoms with Crippen molar-refractivity contribution >= 4 is 17.6 Å². The summed E-state index contributed by atoms with van der Waals surface area (Å²) in [5.74, 6) is 0. The van der Waals surface area contributed by atoms with Gasteiger partial charge in [0, 0.05) is 18.3 Å². The molecule has 0 saturated heterocycles. The number of hydrogen-bond donors (Lipinski definition) is 3. The maximum Gasteiger partial charge on any atom is 0.153 e. The van der Waals surface area contributed by atoms with Crippen LogP contribution in [0.2, 0.25) is 0 Å². The Labute approximate surface area is 92.1 Å². The van der Waals surface area contributed by atoms with Gasteiger partial charge in [-0.3, -0.25) is 4.79 Å². The van der Waals surface area contributed by atoms with Gasteiger partial charge in [-0.1, -0.05) is 0 Å². The van der Waals surface area contributed by atoms with Gasteiger partial charge in [0.2, 0.25) is 0 Å². The largest absolute Gasteiger partial charge is 0.404 e. The summed E-state index contributed by atoms with van der Waals surface area (Å²) < 4.78 is 0. The highest BCUT2D eigenvalue weighted by Gasteiger charge is 2.05. The predicted octanol–water partition coefficient (Wildman–Crippen LogP) is 0.461. The van der Waals surface area contributed by atoms with E-state index in [4.69, 9.17) is 17.2 Å². The van der Waals surface area contributed by atoms with Crippen LogP contribution in [-0.4, -0.2) is 6.29 Å². The first kappa shape index (κ1) is 11.3. The minimum absolute atomic E-state index is 0.225. The van der Waals surface area contributed by atoms with E-state index < -0.39 is 0 Å². The molecule has 0 amide bonds. The number of carbonyl (C=O) groups excluding carboxylic acids is 1. The molecule has 4 nitrogen and oxygen atoms in total. The fourth-order valence-corrected chi connectivity index (χ4v) is 1.75.